The maximum atomic E-state index is 13.2. The van der Waals surface area contributed by atoms with Gasteiger partial charge in [-0.3, -0.25) is 9.59 Å². The topological polar surface area (TPSA) is 64.4 Å². The number of carbonyl (C=O) groups is 1. The molecule has 138 valence electrons. The maximum absolute atomic E-state index is 13.2. The average molecular weight is 359 g/mol. The molecule has 26 heavy (non-hydrogen) atoms. The SMILES string of the molecule is CCOc1cc(=O)c(C(=O)N2CCC(C)CC2)nn1-c1ccc(F)cc1. The van der Waals surface area contributed by atoms with E-state index in [2.05, 4.69) is 12.0 Å². The van der Waals surface area contributed by atoms with E-state index >= 15 is 0 Å². The minimum Gasteiger partial charge on any atom is -0.478 e. The van der Waals surface area contributed by atoms with E-state index in [1.165, 1.54) is 35.0 Å². The number of nitrogens with zero attached hydrogens (tertiary/aromatic N) is 3. The van der Waals surface area contributed by atoms with Gasteiger partial charge in [0, 0.05) is 13.1 Å². The Morgan fingerprint density at radius 2 is 1.92 bits per heavy atom. The fraction of sp³-hybridized carbons (Fsp3) is 0.421. The third-order valence-electron chi connectivity index (χ3n) is 4.53. The summed E-state index contributed by atoms with van der Waals surface area (Å²) in [4.78, 5) is 26.9. The van der Waals surface area contributed by atoms with E-state index in [1.807, 2.05) is 0 Å². The van der Waals surface area contributed by atoms with Gasteiger partial charge in [-0.2, -0.15) is 5.10 Å². The van der Waals surface area contributed by atoms with Gasteiger partial charge in [0.1, 0.15) is 5.82 Å². The van der Waals surface area contributed by atoms with Gasteiger partial charge in [0.15, 0.2) is 5.69 Å². The number of amides is 1. The van der Waals surface area contributed by atoms with Gasteiger partial charge in [-0.05, 0) is 49.9 Å². The number of halogens is 1. The highest BCUT2D eigenvalue weighted by Gasteiger charge is 2.25. The lowest BCUT2D eigenvalue weighted by atomic mass is 9.99. The molecule has 1 aromatic carbocycles. The van der Waals surface area contributed by atoms with E-state index in [9.17, 15) is 14.0 Å². The molecule has 1 aliphatic rings. The molecule has 0 bridgehead atoms. The second-order valence-electron chi connectivity index (χ2n) is 6.49. The highest BCUT2D eigenvalue weighted by atomic mass is 19.1. The summed E-state index contributed by atoms with van der Waals surface area (Å²) in [5, 5.41) is 4.25. The average Bonchev–Trinajstić information content (AvgIpc) is 2.63. The van der Waals surface area contributed by atoms with Crippen LogP contribution in [0.3, 0.4) is 0 Å². The number of rotatable bonds is 4. The normalized spacial score (nSPS) is 15.1. The van der Waals surface area contributed by atoms with Crippen molar-refractivity contribution in [1.82, 2.24) is 14.7 Å². The molecule has 1 fully saturated rings. The Morgan fingerprint density at radius 1 is 1.27 bits per heavy atom. The smallest absolute Gasteiger partial charge is 0.278 e. The van der Waals surface area contributed by atoms with Gasteiger partial charge in [0.05, 0.1) is 18.4 Å². The van der Waals surface area contributed by atoms with Crippen molar-refractivity contribution in [3.63, 3.8) is 0 Å². The van der Waals surface area contributed by atoms with E-state index < -0.39 is 5.43 Å². The summed E-state index contributed by atoms with van der Waals surface area (Å²) >= 11 is 0. The fourth-order valence-electron chi connectivity index (χ4n) is 2.97. The van der Waals surface area contributed by atoms with Crippen molar-refractivity contribution in [1.29, 1.82) is 0 Å². The Balaban J connectivity index is 2.00. The van der Waals surface area contributed by atoms with Gasteiger partial charge in [-0.1, -0.05) is 6.92 Å². The van der Waals surface area contributed by atoms with E-state index in [0.717, 1.165) is 12.8 Å². The molecule has 0 unspecified atom stereocenters. The molecule has 1 aliphatic heterocycles. The monoisotopic (exact) mass is 359 g/mol. The number of hydrogen-bond acceptors (Lipinski definition) is 4. The third-order valence-corrected chi connectivity index (χ3v) is 4.53. The summed E-state index contributed by atoms with van der Waals surface area (Å²) in [6.45, 7) is 5.50. The minimum absolute atomic E-state index is 0.146. The number of likely N-dealkylation sites (tertiary alicyclic amines) is 1. The summed E-state index contributed by atoms with van der Waals surface area (Å²) in [6, 6.07) is 6.88. The first kappa shape index (κ1) is 18.1. The molecule has 7 heteroatoms. The summed E-state index contributed by atoms with van der Waals surface area (Å²) in [6.07, 6.45) is 1.82. The zero-order chi connectivity index (χ0) is 18.7. The lowest BCUT2D eigenvalue weighted by molar-refractivity contribution is 0.0687. The molecule has 1 aromatic heterocycles. The minimum atomic E-state index is -0.476. The quantitative estimate of drug-likeness (QED) is 0.842. The first-order chi connectivity index (χ1) is 12.5. The van der Waals surface area contributed by atoms with Crippen molar-refractivity contribution < 1.29 is 13.9 Å². The van der Waals surface area contributed by atoms with Crippen LogP contribution >= 0.6 is 0 Å². The number of ether oxygens (including phenoxy) is 1. The predicted octanol–water partition coefficient (Wildman–Crippen LogP) is 2.64. The first-order valence-corrected chi connectivity index (χ1v) is 8.82. The van der Waals surface area contributed by atoms with Gasteiger partial charge in [0.2, 0.25) is 11.3 Å². The van der Waals surface area contributed by atoms with Crippen molar-refractivity contribution >= 4 is 5.91 Å². The van der Waals surface area contributed by atoms with Crippen molar-refractivity contribution in [3.8, 4) is 11.6 Å². The standard InChI is InChI=1S/C19H22FN3O3/c1-3-26-17-12-16(24)18(19(25)22-10-8-13(2)9-11-22)21-23(17)15-6-4-14(20)5-7-15/h4-7,12-13H,3,8-11H2,1-2H3. The summed E-state index contributed by atoms with van der Waals surface area (Å²) in [7, 11) is 0. The van der Waals surface area contributed by atoms with Crippen molar-refractivity contribution in [2.24, 2.45) is 5.92 Å². The second kappa shape index (κ2) is 7.68. The maximum Gasteiger partial charge on any atom is 0.278 e. The van der Waals surface area contributed by atoms with Crippen LogP contribution in [0.2, 0.25) is 0 Å². The van der Waals surface area contributed by atoms with Crippen LogP contribution < -0.4 is 10.2 Å². The van der Waals surface area contributed by atoms with Crippen LogP contribution in [0, 0.1) is 11.7 Å². The molecule has 2 heterocycles. The van der Waals surface area contributed by atoms with E-state index in [0.29, 0.717) is 31.3 Å². The van der Waals surface area contributed by atoms with Crippen molar-refractivity contribution in [2.75, 3.05) is 19.7 Å². The molecule has 3 rings (SSSR count). The number of piperidine rings is 1. The molecule has 0 saturated carbocycles. The van der Waals surface area contributed by atoms with Crippen LogP contribution in [-0.2, 0) is 0 Å². The van der Waals surface area contributed by atoms with Crippen LogP contribution in [0.15, 0.2) is 35.1 Å². The lowest BCUT2D eigenvalue weighted by Crippen LogP contribution is -2.41. The number of aromatic nitrogens is 2. The molecule has 0 aliphatic carbocycles. The zero-order valence-electron chi connectivity index (χ0n) is 14.9. The van der Waals surface area contributed by atoms with Gasteiger partial charge in [-0.25, -0.2) is 9.07 Å². The lowest BCUT2D eigenvalue weighted by Gasteiger charge is -2.30. The summed E-state index contributed by atoms with van der Waals surface area (Å²) < 4.78 is 20.1. The van der Waals surface area contributed by atoms with Crippen LogP contribution in [0.1, 0.15) is 37.2 Å². The molecule has 0 atom stereocenters. The molecule has 0 N–H and O–H groups in total. The van der Waals surface area contributed by atoms with Crippen LogP contribution in [0.4, 0.5) is 4.39 Å². The Bertz CT molecular complexity index is 840. The summed E-state index contributed by atoms with van der Waals surface area (Å²) in [5.41, 5.74) is -0.112. The number of benzene rings is 1. The number of carbonyl (C=O) groups excluding carboxylic acids is 1. The third kappa shape index (κ3) is 3.76. The Labute approximate surface area is 151 Å². The molecule has 6 nitrogen and oxygen atoms in total. The molecule has 1 amide bonds. The van der Waals surface area contributed by atoms with E-state index in [-0.39, 0.29) is 23.3 Å². The highest BCUT2D eigenvalue weighted by molar-refractivity contribution is 5.92. The van der Waals surface area contributed by atoms with Gasteiger partial charge in [0.25, 0.3) is 5.91 Å². The molecular formula is C19H22FN3O3. The Hall–Kier alpha value is -2.70. The second-order valence-corrected chi connectivity index (χ2v) is 6.49. The van der Waals surface area contributed by atoms with Crippen LogP contribution in [-0.4, -0.2) is 40.3 Å². The molecule has 0 radical (unpaired) electrons. The zero-order valence-corrected chi connectivity index (χ0v) is 14.9. The largest absolute Gasteiger partial charge is 0.478 e. The van der Waals surface area contributed by atoms with Gasteiger partial charge >= 0.3 is 0 Å². The Morgan fingerprint density at radius 3 is 2.54 bits per heavy atom. The van der Waals surface area contributed by atoms with Crippen LogP contribution in [0.25, 0.3) is 5.69 Å². The fourth-order valence-corrected chi connectivity index (χ4v) is 2.97. The molecule has 0 spiro atoms. The molecule has 2 aromatic rings. The van der Waals surface area contributed by atoms with Crippen LogP contribution in [0.5, 0.6) is 5.88 Å². The van der Waals surface area contributed by atoms with Crippen molar-refractivity contribution in [3.05, 3.63) is 52.1 Å². The highest BCUT2D eigenvalue weighted by Crippen LogP contribution is 2.19. The van der Waals surface area contributed by atoms with Gasteiger partial charge in [-0.15, -0.1) is 0 Å². The van der Waals surface area contributed by atoms with Crippen molar-refractivity contribution in [2.45, 2.75) is 26.7 Å². The first-order valence-electron chi connectivity index (χ1n) is 8.82. The number of hydrogen-bond donors (Lipinski definition) is 0. The Kier molecular flexibility index (Phi) is 5.35. The van der Waals surface area contributed by atoms with E-state index in [4.69, 9.17) is 4.74 Å². The molecular weight excluding hydrogens is 337 g/mol. The van der Waals surface area contributed by atoms with Gasteiger partial charge < -0.3 is 9.64 Å². The van der Waals surface area contributed by atoms with E-state index in [1.54, 1.807) is 11.8 Å². The predicted molar refractivity (Wildman–Crippen MR) is 95.3 cm³/mol. The summed E-state index contributed by atoms with van der Waals surface area (Å²) in [5.74, 6) is 0.0310. The molecule has 1 saturated heterocycles.